The van der Waals surface area contributed by atoms with E-state index < -0.39 is 0 Å². The maximum Gasteiger partial charge on any atom is 0.0115 e. The van der Waals surface area contributed by atoms with Crippen molar-refractivity contribution < 1.29 is 0 Å². The van der Waals surface area contributed by atoms with Gasteiger partial charge in [0.05, 0.1) is 0 Å². The van der Waals surface area contributed by atoms with E-state index in [2.05, 4.69) is 49.0 Å². The normalized spacial score (nSPS) is 18.6. The van der Waals surface area contributed by atoms with E-state index in [1.807, 2.05) is 11.3 Å². The van der Waals surface area contributed by atoms with Crippen molar-refractivity contribution in [1.82, 2.24) is 10.6 Å². The maximum atomic E-state index is 3.71. The lowest BCUT2D eigenvalue weighted by molar-refractivity contribution is 0.128. The smallest absolute Gasteiger partial charge is 0.0115 e. The predicted octanol–water partition coefficient (Wildman–Crippen LogP) is 3.01. The first kappa shape index (κ1) is 14.0. The van der Waals surface area contributed by atoms with Crippen molar-refractivity contribution in [3.63, 3.8) is 0 Å². The molecule has 0 atom stereocenters. The topological polar surface area (TPSA) is 24.1 Å². The molecule has 2 N–H and O–H groups in total. The molecule has 0 amide bonds. The second kappa shape index (κ2) is 5.72. The third-order valence-corrected chi connectivity index (χ3v) is 5.46. The molecular formula is C15H26N2S. The van der Waals surface area contributed by atoms with Gasteiger partial charge in [0.25, 0.3) is 0 Å². The van der Waals surface area contributed by atoms with Gasteiger partial charge in [-0.05, 0) is 36.8 Å². The highest BCUT2D eigenvalue weighted by molar-refractivity contribution is 7.10. The summed E-state index contributed by atoms with van der Waals surface area (Å²) < 4.78 is 0. The van der Waals surface area contributed by atoms with E-state index in [1.54, 1.807) is 0 Å². The summed E-state index contributed by atoms with van der Waals surface area (Å²) in [4.78, 5) is 1.48. The van der Waals surface area contributed by atoms with E-state index in [0.717, 1.165) is 19.6 Å². The molecule has 1 aromatic rings. The molecular weight excluding hydrogens is 240 g/mol. The van der Waals surface area contributed by atoms with Crippen LogP contribution in [-0.4, -0.2) is 26.7 Å². The van der Waals surface area contributed by atoms with Crippen molar-refractivity contribution in [2.24, 2.45) is 5.41 Å². The standard InChI is InChI=1S/C15H26N2S/c1-14(2,13-6-4-9-18-13)10-17-12-15(11-16-3)7-5-8-15/h4,6,9,16-17H,5,7-8,10-12H2,1-3H3. The fraction of sp³-hybridized carbons (Fsp3) is 0.733. The predicted molar refractivity (Wildman–Crippen MR) is 80.4 cm³/mol. The Kier molecular flexibility index (Phi) is 4.46. The van der Waals surface area contributed by atoms with Gasteiger partial charge >= 0.3 is 0 Å². The van der Waals surface area contributed by atoms with Gasteiger partial charge in [0.15, 0.2) is 0 Å². The summed E-state index contributed by atoms with van der Waals surface area (Å²) in [7, 11) is 2.07. The van der Waals surface area contributed by atoms with Crippen LogP contribution in [0.4, 0.5) is 0 Å². The zero-order valence-corrected chi connectivity index (χ0v) is 12.7. The van der Waals surface area contributed by atoms with Crippen molar-refractivity contribution in [2.75, 3.05) is 26.7 Å². The second-order valence-corrected chi connectivity index (χ2v) is 7.30. The van der Waals surface area contributed by atoms with Crippen LogP contribution in [0.3, 0.4) is 0 Å². The average molecular weight is 266 g/mol. The number of nitrogens with one attached hydrogen (secondary N) is 2. The van der Waals surface area contributed by atoms with Crippen LogP contribution in [0.5, 0.6) is 0 Å². The largest absolute Gasteiger partial charge is 0.319 e. The van der Waals surface area contributed by atoms with Crippen LogP contribution >= 0.6 is 11.3 Å². The van der Waals surface area contributed by atoms with Gasteiger partial charge in [-0.2, -0.15) is 0 Å². The highest BCUT2D eigenvalue weighted by atomic mass is 32.1. The molecule has 102 valence electrons. The lowest BCUT2D eigenvalue weighted by Gasteiger charge is -2.43. The first-order chi connectivity index (χ1) is 8.58. The van der Waals surface area contributed by atoms with E-state index in [1.165, 1.54) is 24.1 Å². The lowest BCUT2D eigenvalue weighted by Crippen LogP contribution is -2.48. The Hall–Kier alpha value is -0.380. The Balaban J connectivity index is 1.81. The molecule has 2 rings (SSSR count). The van der Waals surface area contributed by atoms with Crippen LogP contribution in [0, 0.1) is 5.41 Å². The Morgan fingerprint density at radius 2 is 2.11 bits per heavy atom. The van der Waals surface area contributed by atoms with Crippen LogP contribution in [-0.2, 0) is 5.41 Å². The molecule has 0 aliphatic heterocycles. The Morgan fingerprint density at radius 1 is 1.33 bits per heavy atom. The molecule has 0 spiro atoms. The van der Waals surface area contributed by atoms with Crippen molar-refractivity contribution >= 4 is 11.3 Å². The zero-order chi connectivity index (χ0) is 13.1. The van der Waals surface area contributed by atoms with Crippen molar-refractivity contribution in [3.05, 3.63) is 22.4 Å². The number of hydrogen-bond acceptors (Lipinski definition) is 3. The zero-order valence-electron chi connectivity index (χ0n) is 11.9. The highest BCUT2D eigenvalue weighted by Gasteiger charge is 2.36. The summed E-state index contributed by atoms with van der Waals surface area (Å²) >= 11 is 1.87. The summed E-state index contributed by atoms with van der Waals surface area (Å²) in [6, 6.07) is 4.40. The molecule has 3 heteroatoms. The fourth-order valence-corrected chi connectivity index (χ4v) is 3.71. The van der Waals surface area contributed by atoms with Crippen LogP contribution in [0.1, 0.15) is 38.0 Å². The van der Waals surface area contributed by atoms with Gasteiger partial charge in [-0.1, -0.05) is 26.3 Å². The summed E-state index contributed by atoms with van der Waals surface area (Å²) in [5, 5.41) is 9.23. The third kappa shape index (κ3) is 3.14. The third-order valence-electron chi connectivity index (χ3n) is 4.22. The minimum Gasteiger partial charge on any atom is -0.319 e. The van der Waals surface area contributed by atoms with Crippen molar-refractivity contribution in [2.45, 2.75) is 38.5 Å². The van der Waals surface area contributed by atoms with Gasteiger partial charge in [-0.25, -0.2) is 0 Å². The quantitative estimate of drug-likeness (QED) is 0.793. The van der Waals surface area contributed by atoms with Gasteiger partial charge in [0.2, 0.25) is 0 Å². The Morgan fingerprint density at radius 3 is 2.61 bits per heavy atom. The monoisotopic (exact) mass is 266 g/mol. The maximum absolute atomic E-state index is 3.71. The molecule has 1 aliphatic rings. The minimum atomic E-state index is 0.249. The molecule has 18 heavy (non-hydrogen) atoms. The van der Waals surface area contributed by atoms with Crippen molar-refractivity contribution in [1.29, 1.82) is 0 Å². The van der Waals surface area contributed by atoms with E-state index in [9.17, 15) is 0 Å². The molecule has 0 saturated heterocycles. The number of rotatable bonds is 7. The van der Waals surface area contributed by atoms with Crippen LogP contribution < -0.4 is 10.6 Å². The fourth-order valence-electron chi connectivity index (χ4n) is 2.86. The van der Waals surface area contributed by atoms with Gasteiger partial charge in [0, 0.05) is 29.9 Å². The van der Waals surface area contributed by atoms with Gasteiger partial charge in [0.1, 0.15) is 0 Å². The summed E-state index contributed by atoms with van der Waals surface area (Å²) in [6.45, 7) is 8.04. The van der Waals surface area contributed by atoms with E-state index in [0.29, 0.717) is 5.41 Å². The van der Waals surface area contributed by atoms with Gasteiger partial charge < -0.3 is 10.6 Å². The van der Waals surface area contributed by atoms with Crippen LogP contribution in [0.2, 0.25) is 0 Å². The molecule has 1 fully saturated rings. The van der Waals surface area contributed by atoms with Gasteiger partial charge in [-0.15, -0.1) is 11.3 Å². The van der Waals surface area contributed by atoms with Gasteiger partial charge in [-0.3, -0.25) is 0 Å². The van der Waals surface area contributed by atoms with Crippen LogP contribution in [0.25, 0.3) is 0 Å². The minimum absolute atomic E-state index is 0.249. The molecule has 0 aromatic carbocycles. The SMILES string of the molecule is CNCC1(CNCC(C)(C)c2cccs2)CCC1. The molecule has 2 nitrogen and oxygen atoms in total. The molecule has 1 aliphatic carbocycles. The summed E-state index contributed by atoms with van der Waals surface area (Å²) in [6.07, 6.45) is 4.15. The second-order valence-electron chi connectivity index (χ2n) is 6.35. The summed E-state index contributed by atoms with van der Waals surface area (Å²) in [5.74, 6) is 0. The Labute approximate surface area is 115 Å². The highest BCUT2D eigenvalue weighted by Crippen LogP contribution is 2.39. The van der Waals surface area contributed by atoms with E-state index in [4.69, 9.17) is 0 Å². The first-order valence-electron chi connectivity index (χ1n) is 6.97. The van der Waals surface area contributed by atoms with E-state index in [-0.39, 0.29) is 5.41 Å². The van der Waals surface area contributed by atoms with E-state index >= 15 is 0 Å². The molecule has 0 bridgehead atoms. The number of hydrogen-bond donors (Lipinski definition) is 2. The first-order valence-corrected chi connectivity index (χ1v) is 7.85. The lowest BCUT2D eigenvalue weighted by atomic mass is 9.68. The molecule has 1 saturated carbocycles. The molecule has 1 aromatic heterocycles. The van der Waals surface area contributed by atoms with Crippen LogP contribution in [0.15, 0.2) is 17.5 Å². The molecule has 1 heterocycles. The number of thiophene rings is 1. The van der Waals surface area contributed by atoms with Crippen molar-refractivity contribution in [3.8, 4) is 0 Å². The Bertz CT molecular complexity index is 353. The summed E-state index contributed by atoms with van der Waals surface area (Å²) in [5.41, 5.74) is 0.777. The molecule has 0 unspecified atom stereocenters. The average Bonchev–Trinajstić information content (AvgIpc) is 2.79. The molecule has 0 radical (unpaired) electrons.